The number of aliphatic hydroxyl groups excluding tert-OH is 1. The summed E-state index contributed by atoms with van der Waals surface area (Å²) in [6.45, 7) is 6.84. The molecule has 3 aromatic carbocycles. The standard InChI is InChI=1S/C35H34ClN3O6S2/c1-4-6-15-44-27-14-9-22(18-28(27)43-5-2)30-29(31(40)23-10-13-26-24(17-23)16-20(3)45-26)32(41)33(42)39(30)34-37-38-35(47-34)46-19-21-7-11-25(36)12-8-21/h7-14,17-18,20,30,40H,4-6,15-16,19H2,1-3H3/b31-29-. The van der Waals surface area contributed by atoms with E-state index >= 15 is 0 Å². The number of thioether (sulfide) groups is 1. The van der Waals surface area contributed by atoms with Gasteiger partial charge < -0.3 is 19.3 Å². The lowest BCUT2D eigenvalue weighted by Crippen LogP contribution is -2.29. The zero-order valence-electron chi connectivity index (χ0n) is 26.2. The molecule has 1 saturated heterocycles. The molecule has 3 heterocycles. The molecule has 1 N–H and O–H groups in total. The number of carbonyl (C=O) groups excluding carboxylic acids is 2. The van der Waals surface area contributed by atoms with Crippen LogP contribution in [0.25, 0.3) is 5.76 Å². The van der Waals surface area contributed by atoms with Crippen LogP contribution >= 0.6 is 34.7 Å². The molecule has 1 fully saturated rings. The van der Waals surface area contributed by atoms with Crippen LogP contribution in [-0.2, 0) is 21.8 Å². The van der Waals surface area contributed by atoms with Gasteiger partial charge >= 0.3 is 5.91 Å². The summed E-state index contributed by atoms with van der Waals surface area (Å²) in [5.74, 6) is 0.499. The van der Waals surface area contributed by atoms with Gasteiger partial charge in [-0.25, -0.2) is 0 Å². The van der Waals surface area contributed by atoms with Gasteiger partial charge in [-0.3, -0.25) is 14.5 Å². The number of benzene rings is 3. The van der Waals surface area contributed by atoms with Gasteiger partial charge in [-0.1, -0.05) is 66.2 Å². The third-order valence-electron chi connectivity index (χ3n) is 7.83. The second-order valence-corrected chi connectivity index (χ2v) is 13.8. The highest BCUT2D eigenvalue weighted by molar-refractivity contribution is 8.00. The Morgan fingerprint density at radius 2 is 1.87 bits per heavy atom. The van der Waals surface area contributed by atoms with Crippen LogP contribution in [0, 0.1) is 0 Å². The van der Waals surface area contributed by atoms with Gasteiger partial charge in [-0.05, 0) is 79.4 Å². The van der Waals surface area contributed by atoms with Gasteiger partial charge in [0.15, 0.2) is 15.8 Å². The van der Waals surface area contributed by atoms with Crippen LogP contribution in [-0.4, -0.2) is 46.3 Å². The number of amides is 1. The van der Waals surface area contributed by atoms with Crippen molar-refractivity contribution in [2.75, 3.05) is 18.1 Å². The minimum absolute atomic E-state index is 0.00665. The van der Waals surface area contributed by atoms with Gasteiger partial charge in [0.1, 0.15) is 17.6 Å². The van der Waals surface area contributed by atoms with Gasteiger partial charge in [-0.15, -0.1) is 10.2 Å². The predicted molar refractivity (Wildman–Crippen MR) is 184 cm³/mol. The summed E-state index contributed by atoms with van der Waals surface area (Å²) >= 11 is 8.70. The molecule has 6 rings (SSSR count). The molecule has 12 heteroatoms. The zero-order valence-corrected chi connectivity index (χ0v) is 28.6. The fourth-order valence-corrected chi connectivity index (χ4v) is 7.51. The minimum atomic E-state index is -0.996. The molecule has 2 atom stereocenters. The minimum Gasteiger partial charge on any atom is -0.507 e. The second-order valence-electron chi connectivity index (χ2n) is 11.2. The molecule has 2 unspecified atom stereocenters. The second kappa shape index (κ2) is 14.4. The molecular formula is C35H34ClN3O6S2. The molecule has 1 aromatic heterocycles. The zero-order chi connectivity index (χ0) is 33.1. The van der Waals surface area contributed by atoms with Crippen LogP contribution < -0.4 is 19.1 Å². The summed E-state index contributed by atoms with van der Waals surface area (Å²) in [4.78, 5) is 29.0. The van der Waals surface area contributed by atoms with Crippen LogP contribution in [0.5, 0.6) is 17.2 Å². The van der Waals surface area contributed by atoms with E-state index in [0.717, 1.165) is 29.7 Å². The first kappa shape index (κ1) is 32.9. The van der Waals surface area contributed by atoms with Gasteiger partial charge in [0.2, 0.25) is 5.13 Å². The van der Waals surface area contributed by atoms with Gasteiger partial charge in [-0.2, -0.15) is 0 Å². The van der Waals surface area contributed by atoms with E-state index in [1.165, 1.54) is 28.0 Å². The van der Waals surface area contributed by atoms with Gasteiger partial charge in [0, 0.05) is 22.8 Å². The first-order valence-corrected chi connectivity index (χ1v) is 17.7. The number of rotatable bonds is 12. The Balaban J connectivity index is 1.41. The van der Waals surface area contributed by atoms with Gasteiger partial charge in [0.25, 0.3) is 5.78 Å². The van der Waals surface area contributed by atoms with Crippen LogP contribution in [0.4, 0.5) is 5.13 Å². The number of ether oxygens (including phenoxy) is 3. The Morgan fingerprint density at radius 1 is 1.06 bits per heavy atom. The van der Waals surface area contributed by atoms with Crippen molar-refractivity contribution in [3.05, 3.63) is 93.5 Å². The fourth-order valence-electron chi connectivity index (χ4n) is 5.56. The first-order chi connectivity index (χ1) is 22.8. The highest BCUT2D eigenvalue weighted by Crippen LogP contribution is 2.46. The summed E-state index contributed by atoms with van der Waals surface area (Å²) < 4.78 is 18.4. The van der Waals surface area contributed by atoms with Crippen LogP contribution in [0.3, 0.4) is 0 Å². The number of aromatic nitrogens is 2. The van der Waals surface area contributed by atoms with Crippen molar-refractivity contribution in [2.45, 2.75) is 62.3 Å². The molecule has 0 radical (unpaired) electrons. The highest BCUT2D eigenvalue weighted by atomic mass is 35.5. The summed E-state index contributed by atoms with van der Waals surface area (Å²) in [7, 11) is 0. The lowest BCUT2D eigenvalue weighted by Gasteiger charge is -2.23. The Labute approximate surface area is 286 Å². The molecule has 0 spiro atoms. The molecule has 0 bridgehead atoms. The molecule has 244 valence electrons. The average Bonchev–Trinajstić information content (AvgIpc) is 3.76. The van der Waals surface area contributed by atoms with Crippen molar-refractivity contribution in [1.82, 2.24) is 10.2 Å². The highest BCUT2D eigenvalue weighted by Gasteiger charge is 2.48. The molecule has 0 saturated carbocycles. The summed E-state index contributed by atoms with van der Waals surface area (Å²) in [5.41, 5.74) is 2.90. The molecule has 4 aromatic rings. The normalized spacial score (nSPS) is 18.3. The molecule has 0 aliphatic carbocycles. The van der Waals surface area contributed by atoms with Crippen LogP contribution in [0.2, 0.25) is 5.02 Å². The third-order valence-corrected chi connectivity index (χ3v) is 10.2. The maximum Gasteiger partial charge on any atom is 0.301 e. The number of anilines is 1. The van der Waals surface area contributed by atoms with E-state index in [2.05, 4.69) is 17.1 Å². The monoisotopic (exact) mass is 691 g/mol. The molecule has 47 heavy (non-hydrogen) atoms. The quantitative estimate of drug-likeness (QED) is 0.0394. The van der Waals surface area contributed by atoms with E-state index in [0.29, 0.717) is 57.4 Å². The van der Waals surface area contributed by atoms with E-state index in [9.17, 15) is 14.7 Å². The van der Waals surface area contributed by atoms with Crippen molar-refractivity contribution in [3.8, 4) is 17.2 Å². The number of hydrogen-bond donors (Lipinski definition) is 1. The SMILES string of the molecule is CCCCOc1ccc(C2/C(=C(/O)c3ccc4c(c3)CC(C)O4)C(=O)C(=O)N2c2nnc(SCc3ccc(Cl)cc3)s2)cc1OCC. The molecular weight excluding hydrogens is 658 g/mol. The number of fused-ring (bicyclic) bond motifs is 1. The van der Waals surface area contributed by atoms with E-state index in [4.69, 9.17) is 25.8 Å². The van der Waals surface area contributed by atoms with Crippen molar-refractivity contribution < 1.29 is 28.9 Å². The number of halogens is 1. The summed E-state index contributed by atoms with van der Waals surface area (Å²) in [6, 6.07) is 17.1. The number of nitrogens with zero attached hydrogens (tertiary/aromatic N) is 3. The number of aliphatic hydroxyl groups is 1. The maximum absolute atomic E-state index is 13.8. The van der Waals surface area contributed by atoms with Crippen molar-refractivity contribution in [2.24, 2.45) is 0 Å². The first-order valence-electron chi connectivity index (χ1n) is 15.5. The third kappa shape index (κ3) is 6.97. The van der Waals surface area contributed by atoms with Crippen molar-refractivity contribution in [3.63, 3.8) is 0 Å². The number of carbonyl (C=O) groups is 2. The molecule has 2 aliphatic heterocycles. The Kier molecular flexibility index (Phi) is 10.0. The smallest absolute Gasteiger partial charge is 0.301 e. The van der Waals surface area contributed by atoms with Crippen molar-refractivity contribution >= 4 is 57.3 Å². The summed E-state index contributed by atoms with van der Waals surface area (Å²) in [5, 5.41) is 21.3. The summed E-state index contributed by atoms with van der Waals surface area (Å²) in [6.07, 6.45) is 2.54. The topological polar surface area (TPSA) is 111 Å². The van der Waals surface area contributed by atoms with Crippen molar-refractivity contribution in [1.29, 1.82) is 0 Å². The number of unbranched alkanes of at least 4 members (excludes halogenated alkanes) is 1. The lowest BCUT2D eigenvalue weighted by atomic mass is 9.94. The molecule has 1 amide bonds. The number of hydrogen-bond acceptors (Lipinski definition) is 10. The van der Waals surface area contributed by atoms with E-state index in [-0.39, 0.29) is 22.6 Å². The fraction of sp³-hybridized carbons (Fsp3) is 0.314. The Hall–Kier alpha value is -4.06. The Morgan fingerprint density at radius 3 is 2.64 bits per heavy atom. The van der Waals surface area contributed by atoms with Gasteiger partial charge in [0.05, 0.1) is 24.8 Å². The number of ketones is 1. The maximum atomic E-state index is 13.8. The number of Topliss-reactive ketones (excluding diaryl/α,β-unsaturated/α-hetero) is 1. The van der Waals surface area contributed by atoms with Crippen LogP contribution in [0.1, 0.15) is 61.9 Å². The van der Waals surface area contributed by atoms with E-state index < -0.39 is 17.7 Å². The lowest BCUT2D eigenvalue weighted by molar-refractivity contribution is -0.132. The molecule has 9 nitrogen and oxygen atoms in total. The Bertz CT molecular complexity index is 1830. The van der Waals surface area contributed by atoms with Crippen LogP contribution in [0.15, 0.2) is 70.6 Å². The van der Waals surface area contributed by atoms with E-state index in [1.807, 2.05) is 44.2 Å². The van der Waals surface area contributed by atoms with E-state index in [1.54, 1.807) is 30.3 Å². The predicted octanol–water partition coefficient (Wildman–Crippen LogP) is 8.01. The molecule has 2 aliphatic rings. The largest absolute Gasteiger partial charge is 0.507 e. The average molecular weight is 692 g/mol.